The fourth-order valence-corrected chi connectivity index (χ4v) is 4.31. The van der Waals surface area contributed by atoms with Crippen LogP contribution in [0.2, 0.25) is 0 Å². The normalized spacial score (nSPS) is 25.6. The molecule has 1 saturated carbocycles. The van der Waals surface area contributed by atoms with Gasteiger partial charge < -0.3 is 5.32 Å². The molecule has 2 rings (SSSR count). The maximum atomic E-state index is 4.59. The van der Waals surface area contributed by atoms with Gasteiger partial charge in [0, 0.05) is 17.1 Å². The van der Waals surface area contributed by atoms with Crippen molar-refractivity contribution in [3.63, 3.8) is 0 Å². The second-order valence-electron chi connectivity index (χ2n) is 7.67. The molecule has 0 saturated heterocycles. The molecule has 1 aromatic heterocycles. The van der Waals surface area contributed by atoms with Crippen LogP contribution >= 0.6 is 11.3 Å². The molecule has 0 amide bonds. The van der Waals surface area contributed by atoms with E-state index in [0.717, 1.165) is 12.3 Å². The Hall–Kier alpha value is -0.410. The lowest BCUT2D eigenvalue weighted by Gasteiger charge is -2.30. The largest absolute Gasteiger partial charge is 0.305 e. The Morgan fingerprint density at radius 1 is 1.29 bits per heavy atom. The van der Waals surface area contributed by atoms with Crippen LogP contribution in [0.3, 0.4) is 0 Å². The van der Waals surface area contributed by atoms with E-state index in [1.807, 2.05) is 17.5 Å². The van der Waals surface area contributed by atoms with Gasteiger partial charge in [0.1, 0.15) is 5.01 Å². The summed E-state index contributed by atoms with van der Waals surface area (Å²) in [7, 11) is 0. The molecule has 3 unspecified atom stereocenters. The predicted molar refractivity (Wildman–Crippen MR) is 92.9 cm³/mol. The van der Waals surface area contributed by atoms with E-state index in [2.05, 4.69) is 44.9 Å². The Labute approximate surface area is 134 Å². The number of aromatic nitrogens is 1. The zero-order valence-electron chi connectivity index (χ0n) is 14.4. The minimum atomic E-state index is 0.395. The van der Waals surface area contributed by atoms with Gasteiger partial charge in [-0.05, 0) is 50.4 Å². The first kappa shape index (κ1) is 17.0. The highest BCUT2D eigenvalue weighted by molar-refractivity contribution is 7.11. The van der Waals surface area contributed by atoms with Gasteiger partial charge in [-0.15, -0.1) is 11.3 Å². The van der Waals surface area contributed by atoms with E-state index in [-0.39, 0.29) is 0 Å². The van der Waals surface area contributed by atoms with Crippen LogP contribution in [0.5, 0.6) is 0 Å². The van der Waals surface area contributed by atoms with Gasteiger partial charge >= 0.3 is 0 Å². The Morgan fingerprint density at radius 2 is 2.05 bits per heavy atom. The van der Waals surface area contributed by atoms with E-state index in [0.29, 0.717) is 17.5 Å². The second kappa shape index (κ2) is 7.23. The van der Waals surface area contributed by atoms with Crippen molar-refractivity contribution < 1.29 is 0 Å². The molecule has 21 heavy (non-hydrogen) atoms. The summed E-state index contributed by atoms with van der Waals surface area (Å²) in [5, 5.41) is 5.09. The van der Waals surface area contributed by atoms with E-state index in [1.165, 1.54) is 42.0 Å². The molecule has 0 spiro atoms. The van der Waals surface area contributed by atoms with Crippen LogP contribution in [0.25, 0.3) is 0 Å². The molecule has 1 aromatic rings. The van der Waals surface area contributed by atoms with Crippen molar-refractivity contribution in [3.8, 4) is 0 Å². The first-order valence-corrected chi connectivity index (χ1v) is 9.42. The average molecular weight is 309 g/mol. The number of nitrogens with one attached hydrogen (secondary N) is 1. The summed E-state index contributed by atoms with van der Waals surface area (Å²) in [6.45, 7) is 11.7. The standard InChI is InChI=1S/C18H32N2S/c1-6-16-12-19-17(21-16)13(2)20-15-9-7-8-14(10-11-15)18(3,4)5/h12-15,20H,6-11H2,1-5H3. The lowest BCUT2D eigenvalue weighted by molar-refractivity contribution is 0.213. The molecule has 3 atom stereocenters. The van der Waals surface area contributed by atoms with Crippen LogP contribution in [0.4, 0.5) is 0 Å². The minimum absolute atomic E-state index is 0.395. The van der Waals surface area contributed by atoms with E-state index in [4.69, 9.17) is 0 Å². The van der Waals surface area contributed by atoms with Crippen LogP contribution < -0.4 is 5.32 Å². The van der Waals surface area contributed by atoms with Crippen molar-refractivity contribution in [3.05, 3.63) is 16.1 Å². The molecule has 1 fully saturated rings. The molecule has 1 aliphatic rings. The quantitative estimate of drug-likeness (QED) is 0.758. The third-order valence-electron chi connectivity index (χ3n) is 4.97. The maximum absolute atomic E-state index is 4.59. The first-order chi connectivity index (χ1) is 9.90. The molecular formula is C18H32N2S. The van der Waals surface area contributed by atoms with Crippen LogP contribution in [-0.2, 0) is 6.42 Å². The average Bonchev–Trinajstić information content (AvgIpc) is 2.77. The Balaban J connectivity index is 1.88. The van der Waals surface area contributed by atoms with Gasteiger partial charge in [-0.2, -0.15) is 0 Å². The summed E-state index contributed by atoms with van der Waals surface area (Å²) in [6, 6.07) is 1.06. The molecule has 1 N–H and O–H groups in total. The van der Waals surface area contributed by atoms with Crippen LogP contribution in [0.1, 0.15) is 82.6 Å². The van der Waals surface area contributed by atoms with Crippen LogP contribution in [0.15, 0.2) is 6.20 Å². The highest BCUT2D eigenvalue weighted by Gasteiger charge is 2.28. The minimum Gasteiger partial charge on any atom is -0.305 e. The summed E-state index contributed by atoms with van der Waals surface area (Å²) >= 11 is 1.87. The van der Waals surface area contributed by atoms with Crippen molar-refractivity contribution in [2.75, 3.05) is 0 Å². The SMILES string of the molecule is CCc1cnc(C(C)NC2CCCC(C(C)(C)C)CC2)s1. The highest BCUT2D eigenvalue weighted by Crippen LogP contribution is 2.37. The molecule has 0 aliphatic heterocycles. The van der Waals surface area contributed by atoms with Crippen LogP contribution in [0, 0.1) is 11.3 Å². The summed E-state index contributed by atoms with van der Waals surface area (Å²) < 4.78 is 0. The van der Waals surface area contributed by atoms with Crippen molar-refractivity contribution in [2.45, 2.75) is 85.2 Å². The Kier molecular flexibility index (Phi) is 5.84. The zero-order chi connectivity index (χ0) is 15.5. The molecule has 0 aromatic carbocycles. The van der Waals surface area contributed by atoms with E-state index >= 15 is 0 Å². The Bertz CT molecular complexity index is 433. The molecule has 0 bridgehead atoms. The first-order valence-electron chi connectivity index (χ1n) is 8.60. The van der Waals surface area contributed by atoms with E-state index in [9.17, 15) is 0 Å². The maximum Gasteiger partial charge on any atom is 0.109 e. The molecule has 0 radical (unpaired) electrons. The molecule has 2 nitrogen and oxygen atoms in total. The van der Waals surface area contributed by atoms with Crippen molar-refractivity contribution >= 4 is 11.3 Å². The topological polar surface area (TPSA) is 24.9 Å². The fourth-order valence-electron chi connectivity index (χ4n) is 3.45. The zero-order valence-corrected chi connectivity index (χ0v) is 15.2. The van der Waals surface area contributed by atoms with Crippen LogP contribution in [-0.4, -0.2) is 11.0 Å². The number of nitrogens with zero attached hydrogens (tertiary/aromatic N) is 1. The number of hydrogen-bond donors (Lipinski definition) is 1. The van der Waals surface area contributed by atoms with Gasteiger partial charge in [0.15, 0.2) is 0 Å². The molecule has 1 aliphatic carbocycles. The molecule has 1 heterocycles. The third-order valence-corrected chi connectivity index (χ3v) is 6.29. The fraction of sp³-hybridized carbons (Fsp3) is 0.833. The van der Waals surface area contributed by atoms with Crippen molar-refractivity contribution in [2.24, 2.45) is 11.3 Å². The molecule has 120 valence electrons. The number of hydrogen-bond acceptors (Lipinski definition) is 3. The summed E-state index contributed by atoms with van der Waals surface area (Å²) in [4.78, 5) is 5.98. The van der Waals surface area contributed by atoms with Gasteiger partial charge in [0.05, 0.1) is 6.04 Å². The van der Waals surface area contributed by atoms with Gasteiger partial charge in [-0.25, -0.2) is 4.98 Å². The van der Waals surface area contributed by atoms with Gasteiger partial charge in [-0.1, -0.05) is 34.1 Å². The highest BCUT2D eigenvalue weighted by atomic mass is 32.1. The monoisotopic (exact) mass is 308 g/mol. The van der Waals surface area contributed by atoms with E-state index in [1.54, 1.807) is 0 Å². The predicted octanol–water partition coefficient (Wildman–Crippen LogP) is 5.35. The smallest absolute Gasteiger partial charge is 0.109 e. The summed E-state index contributed by atoms with van der Waals surface area (Å²) in [5.74, 6) is 0.881. The third kappa shape index (κ3) is 4.79. The summed E-state index contributed by atoms with van der Waals surface area (Å²) in [6.07, 6.45) is 9.91. The molecule has 3 heteroatoms. The lowest BCUT2D eigenvalue weighted by atomic mass is 9.76. The summed E-state index contributed by atoms with van der Waals surface area (Å²) in [5.41, 5.74) is 0.464. The van der Waals surface area contributed by atoms with Crippen molar-refractivity contribution in [1.29, 1.82) is 0 Å². The Morgan fingerprint density at radius 3 is 2.67 bits per heavy atom. The number of thiazole rings is 1. The number of aryl methyl sites for hydroxylation is 1. The lowest BCUT2D eigenvalue weighted by Crippen LogP contribution is -2.31. The van der Waals surface area contributed by atoms with Crippen molar-refractivity contribution in [1.82, 2.24) is 10.3 Å². The molecular weight excluding hydrogens is 276 g/mol. The van der Waals surface area contributed by atoms with E-state index < -0.39 is 0 Å². The van der Waals surface area contributed by atoms with Gasteiger partial charge in [-0.3, -0.25) is 0 Å². The van der Waals surface area contributed by atoms with Gasteiger partial charge in [0.25, 0.3) is 0 Å². The number of rotatable bonds is 4. The van der Waals surface area contributed by atoms with Gasteiger partial charge in [0.2, 0.25) is 0 Å². The second-order valence-corrected chi connectivity index (χ2v) is 8.82.